The van der Waals surface area contributed by atoms with Gasteiger partial charge in [-0.2, -0.15) is 0 Å². The van der Waals surface area contributed by atoms with E-state index in [0.29, 0.717) is 33.1 Å². The number of thiophene rings is 1. The van der Waals surface area contributed by atoms with E-state index in [-0.39, 0.29) is 11.6 Å². The van der Waals surface area contributed by atoms with Gasteiger partial charge < -0.3 is 4.90 Å². The summed E-state index contributed by atoms with van der Waals surface area (Å²) >= 11 is 13.9. The molecule has 9 heteroatoms. The predicted molar refractivity (Wildman–Crippen MR) is 116 cm³/mol. The standard InChI is InChI=1S/C20H17Cl2N3O3S/c21-16-4-2-1-3-13(16)12-23-7-9-24(10-8-23)20(26)19-18(22)15-6-5-14(25(27)28)11-17(15)29-19/h1-6,11H,7-10,12H2. The number of hydrogen-bond donors (Lipinski definition) is 0. The predicted octanol–water partition coefficient (Wildman–Crippen LogP) is 5.07. The van der Waals surface area contributed by atoms with Crippen molar-refractivity contribution in [3.63, 3.8) is 0 Å². The van der Waals surface area contributed by atoms with Crippen molar-refractivity contribution in [2.75, 3.05) is 26.2 Å². The zero-order chi connectivity index (χ0) is 20.5. The van der Waals surface area contributed by atoms with Gasteiger partial charge in [0.15, 0.2) is 0 Å². The Balaban J connectivity index is 1.46. The summed E-state index contributed by atoms with van der Waals surface area (Å²) < 4.78 is 0.643. The number of carbonyl (C=O) groups is 1. The lowest BCUT2D eigenvalue weighted by atomic mass is 10.2. The first-order valence-corrected chi connectivity index (χ1v) is 10.6. The molecule has 1 aliphatic heterocycles. The Bertz CT molecular complexity index is 1090. The average molecular weight is 450 g/mol. The topological polar surface area (TPSA) is 66.7 Å². The molecule has 4 rings (SSSR count). The summed E-state index contributed by atoms with van der Waals surface area (Å²) in [5, 5.41) is 12.8. The number of hydrogen-bond acceptors (Lipinski definition) is 5. The van der Waals surface area contributed by atoms with Crippen LogP contribution >= 0.6 is 34.5 Å². The zero-order valence-corrected chi connectivity index (χ0v) is 17.6. The monoisotopic (exact) mass is 449 g/mol. The zero-order valence-electron chi connectivity index (χ0n) is 15.3. The van der Waals surface area contributed by atoms with Crippen LogP contribution in [-0.4, -0.2) is 46.8 Å². The number of carbonyl (C=O) groups excluding carboxylic acids is 1. The summed E-state index contributed by atoms with van der Waals surface area (Å²) in [6, 6.07) is 12.2. The van der Waals surface area contributed by atoms with E-state index in [1.165, 1.54) is 23.5 Å². The molecule has 0 atom stereocenters. The molecule has 1 aromatic heterocycles. The molecule has 2 aromatic carbocycles. The van der Waals surface area contributed by atoms with E-state index in [1.807, 2.05) is 24.3 Å². The molecule has 6 nitrogen and oxygen atoms in total. The number of amides is 1. The molecule has 150 valence electrons. The highest BCUT2D eigenvalue weighted by Crippen LogP contribution is 2.38. The number of benzene rings is 2. The highest BCUT2D eigenvalue weighted by atomic mass is 35.5. The third-order valence-electron chi connectivity index (χ3n) is 5.03. The lowest BCUT2D eigenvalue weighted by Gasteiger charge is -2.34. The van der Waals surface area contributed by atoms with Crippen LogP contribution in [0, 0.1) is 10.1 Å². The molecule has 29 heavy (non-hydrogen) atoms. The molecule has 3 aromatic rings. The number of non-ortho nitro benzene ring substituents is 1. The van der Waals surface area contributed by atoms with Crippen molar-refractivity contribution in [3.05, 3.63) is 73.1 Å². The number of rotatable bonds is 4. The normalized spacial score (nSPS) is 15.0. The van der Waals surface area contributed by atoms with Crippen molar-refractivity contribution in [1.29, 1.82) is 0 Å². The first kappa shape index (κ1) is 20.1. The second-order valence-electron chi connectivity index (χ2n) is 6.84. The minimum absolute atomic E-state index is 0.0115. The third kappa shape index (κ3) is 4.09. The second kappa shape index (κ2) is 8.28. The SMILES string of the molecule is O=C(c1sc2cc([N+](=O)[O-])ccc2c1Cl)N1CCN(Cc2ccccc2Cl)CC1. The van der Waals surface area contributed by atoms with E-state index in [2.05, 4.69) is 4.90 Å². The summed E-state index contributed by atoms with van der Waals surface area (Å²) in [7, 11) is 0. The molecular formula is C20H17Cl2N3O3S. The van der Waals surface area contributed by atoms with Gasteiger partial charge in [-0.3, -0.25) is 19.8 Å². The Morgan fingerprint density at radius 1 is 1.10 bits per heavy atom. The van der Waals surface area contributed by atoms with Crippen LogP contribution in [0.4, 0.5) is 5.69 Å². The molecule has 1 saturated heterocycles. The van der Waals surface area contributed by atoms with Crippen LogP contribution in [0.15, 0.2) is 42.5 Å². The lowest BCUT2D eigenvalue weighted by Crippen LogP contribution is -2.48. The molecular weight excluding hydrogens is 433 g/mol. The van der Waals surface area contributed by atoms with Gasteiger partial charge in [0.1, 0.15) is 4.88 Å². The number of nitro groups is 1. The molecule has 0 N–H and O–H groups in total. The fraction of sp³-hybridized carbons (Fsp3) is 0.250. The van der Waals surface area contributed by atoms with Gasteiger partial charge in [0.25, 0.3) is 11.6 Å². The number of nitro benzene ring substituents is 1. The first-order valence-electron chi connectivity index (χ1n) is 9.05. The third-order valence-corrected chi connectivity index (χ3v) is 7.04. The van der Waals surface area contributed by atoms with Crippen molar-refractivity contribution in [3.8, 4) is 0 Å². The van der Waals surface area contributed by atoms with E-state index in [4.69, 9.17) is 23.2 Å². The van der Waals surface area contributed by atoms with Gasteiger partial charge in [-0.25, -0.2) is 0 Å². The smallest absolute Gasteiger partial charge is 0.270 e. The fourth-order valence-electron chi connectivity index (χ4n) is 3.43. The molecule has 2 heterocycles. The van der Waals surface area contributed by atoms with Gasteiger partial charge in [-0.15, -0.1) is 11.3 Å². The van der Waals surface area contributed by atoms with Gasteiger partial charge in [0.05, 0.1) is 9.95 Å². The van der Waals surface area contributed by atoms with Crippen LogP contribution in [-0.2, 0) is 6.54 Å². The van der Waals surface area contributed by atoms with Crippen LogP contribution in [0.3, 0.4) is 0 Å². The average Bonchev–Trinajstić information content (AvgIpc) is 3.05. The van der Waals surface area contributed by atoms with Gasteiger partial charge in [-0.05, 0) is 17.7 Å². The van der Waals surface area contributed by atoms with E-state index in [0.717, 1.165) is 30.2 Å². The van der Waals surface area contributed by atoms with Crippen LogP contribution in [0.5, 0.6) is 0 Å². The van der Waals surface area contributed by atoms with Gasteiger partial charge in [-0.1, -0.05) is 41.4 Å². The van der Waals surface area contributed by atoms with Crippen molar-refractivity contribution >= 4 is 56.2 Å². The minimum atomic E-state index is -0.452. The quantitative estimate of drug-likeness (QED) is 0.411. The number of fused-ring (bicyclic) bond motifs is 1. The largest absolute Gasteiger partial charge is 0.335 e. The molecule has 1 fully saturated rings. The van der Waals surface area contributed by atoms with E-state index in [9.17, 15) is 14.9 Å². The molecule has 0 saturated carbocycles. The van der Waals surface area contributed by atoms with Crippen LogP contribution in [0.1, 0.15) is 15.2 Å². The Hall–Kier alpha value is -2.19. The van der Waals surface area contributed by atoms with E-state index in [1.54, 1.807) is 11.0 Å². The lowest BCUT2D eigenvalue weighted by molar-refractivity contribution is -0.384. The molecule has 0 bridgehead atoms. The number of halogens is 2. The molecule has 0 spiro atoms. The van der Waals surface area contributed by atoms with Gasteiger partial charge in [0, 0.05) is 60.0 Å². The van der Waals surface area contributed by atoms with Gasteiger partial charge >= 0.3 is 0 Å². The second-order valence-corrected chi connectivity index (χ2v) is 8.68. The molecule has 0 aliphatic carbocycles. The summed E-state index contributed by atoms with van der Waals surface area (Å²) in [6.07, 6.45) is 0. The Morgan fingerprint density at radius 2 is 1.83 bits per heavy atom. The number of piperazine rings is 1. The van der Waals surface area contributed by atoms with Crippen LogP contribution in [0.2, 0.25) is 10.0 Å². The summed E-state index contributed by atoms with van der Waals surface area (Å²) in [6.45, 7) is 3.41. The van der Waals surface area contributed by atoms with E-state index >= 15 is 0 Å². The van der Waals surface area contributed by atoms with E-state index < -0.39 is 4.92 Å². The van der Waals surface area contributed by atoms with Crippen LogP contribution in [0.25, 0.3) is 10.1 Å². The maximum Gasteiger partial charge on any atom is 0.270 e. The van der Waals surface area contributed by atoms with Gasteiger partial charge in [0.2, 0.25) is 0 Å². The summed E-state index contributed by atoms with van der Waals surface area (Å²) in [5.41, 5.74) is 1.06. The Labute approximate surface area is 181 Å². The maximum atomic E-state index is 13.0. The van der Waals surface area contributed by atoms with Crippen molar-refractivity contribution in [1.82, 2.24) is 9.80 Å². The highest BCUT2D eigenvalue weighted by molar-refractivity contribution is 7.21. The molecule has 1 aliphatic rings. The summed E-state index contributed by atoms with van der Waals surface area (Å²) in [4.78, 5) is 28.0. The molecule has 1 amide bonds. The Kier molecular flexibility index (Phi) is 5.74. The molecule has 0 radical (unpaired) electrons. The molecule has 0 unspecified atom stereocenters. The minimum Gasteiger partial charge on any atom is -0.335 e. The summed E-state index contributed by atoms with van der Waals surface area (Å²) in [5.74, 6) is -0.128. The van der Waals surface area contributed by atoms with Crippen molar-refractivity contribution < 1.29 is 9.72 Å². The number of nitrogens with zero attached hydrogens (tertiary/aromatic N) is 3. The maximum absolute atomic E-state index is 13.0. The van der Waals surface area contributed by atoms with Crippen molar-refractivity contribution in [2.24, 2.45) is 0 Å². The van der Waals surface area contributed by atoms with Crippen LogP contribution < -0.4 is 0 Å². The Morgan fingerprint density at radius 3 is 2.52 bits per heavy atom. The fourth-order valence-corrected chi connectivity index (χ4v) is 5.13. The first-order chi connectivity index (χ1) is 13.9. The highest BCUT2D eigenvalue weighted by Gasteiger charge is 2.26. The van der Waals surface area contributed by atoms with Crippen molar-refractivity contribution in [2.45, 2.75) is 6.54 Å².